The third kappa shape index (κ3) is 4.60. The van der Waals surface area contributed by atoms with E-state index in [1.807, 2.05) is 5.32 Å². The summed E-state index contributed by atoms with van der Waals surface area (Å²) in [6.07, 6.45) is 0.413. The molecule has 0 heterocycles. The lowest BCUT2D eigenvalue weighted by Gasteiger charge is -2.12. The van der Waals surface area contributed by atoms with Crippen molar-refractivity contribution in [1.82, 2.24) is 0 Å². The Morgan fingerprint density at radius 3 is 2.45 bits per heavy atom. The fourth-order valence-electron chi connectivity index (χ4n) is 2.53. The first kappa shape index (κ1) is 21.3. The number of halogens is 5. The minimum Gasteiger partial charge on any atom is -0.326 e. The Labute approximate surface area is 178 Å². The van der Waals surface area contributed by atoms with Crippen molar-refractivity contribution >= 4 is 70.1 Å². The third-order valence-corrected chi connectivity index (χ3v) is 5.33. The summed E-state index contributed by atoms with van der Waals surface area (Å²) >= 11 is 17.7. The van der Waals surface area contributed by atoms with Crippen molar-refractivity contribution in [1.29, 1.82) is 0 Å². The standard InChI is InChI=1S/C18H12Cl3F2N3O3/c19-11-2-1-8(25-17(29)10-6-18(10,20)21)5-9(11)16(28)26-13-4-3-12(22)15(14(13)23)24-7-27/h1-5,7,10H,6H2,(H,24,27)(H,25,29)(H,26,28). The number of hydrogen-bond acceptors (Lipinski definition) is 3. The van der Waals surface area contributed by atoms with Crippen molar-refractivity contribution < 1.29 is 23.2 Å². The number of carbonyl (C=O) groups is 3. The molecule has 3 rings (SSSR count). The van der Waals surface area contributed by atoms with E-state index in [1.54, 1.807) is 0 Å². The third-order valence-electron chi connectivity index (χ3n) is 4.16. The highest BCUT2D eigenvalue weighted by molar-refractivity contribution is 6.52. The van der Waals surface area contributed by atoms with Crippen molar-refractivity contribution in [2.75, 3.05) is 16.0 Å². The van der Waals surface area contributed by atoms with Crippen LogP contribution in [0.4, 0.5) is 25.8 Å². The molecule has 1 aliphatic carbocycles. The Balaban J connectivity index is 1.80. The number of anilines is 3. The lowest BCUT2D eigenvalue weighted by molar-refractivity contribution is -0.117. The molecule has 3 N–H and O–H groups in total. The van der Waals surface area contributed by atoms with Crippen LogP contribution in [0.15, 0.2) is 30.3 Å². The number of benzene rings is 2. The van der Waals surface area contributed by atoms with Crippen molar-refractivity contribution in [3.8, 4) is 0 Å². The molecule has 3 amide bonds. The van der Waals surface area contributed by atoms with E-state index >= 15 is 0 Å². The fraction of sp³-hybridized carbons (Fsp3) is 0.167. The highest BCUT2D eigenvalue weighted by Gasteiger charge is 2.56. The van der Waals surface area contributed by atoms with Crippen LogP contribution in [0.2, 0.25) is 5.02 Å². The van der Waals surface area contributed by atoms with Gasteiger partial charge in [-0.05, 0) is 36.8 Å². The number of hydrogen-bond donors (Lipinski definition) is 3. The van der Waals surface area contributed by atoms with Crippen LogP contribution in [0.25, 0.3) is 0 Å². The number of amides is 3. The van der Waals surface area contributed by atoms with E-state index in [2.05, 4.69) is 10.6 Å². The molecule has 2 aromatic rings. The van der Waals surface area contributed by atoms with Crippen molar-refractivity contribution in [2.24, 2.45) is 5.92 Å². The van der Waals surface area contributed by atoms with Gasteiger partial charge >= 0.3 is 0 Å². The largest absolute Gasteiger partial charge is 0.326 e. The summed E-state index contributed by atoms with van der Waals surface area (Å²) in [5.74, 6) is -3.98. The average molecular weight is 463 g/mol. The van der Waals surface area contributed by atoms with Crippen LogP contribution in [0.5, 0.6) is 0 Å². The molecular weight excluding hydrogens is 451 g/mol. The molecule has 0 aromatic heterocycles. The average Bonchev–Trinajstić information content (AvgIpc) is 3.31. The van der Waals surface area contributed by atoms with Gasteiger partial charge in [-0.3, -0.25) is 14.4 Å². The summed E-state index contributed by atoms with van der Waals surface area (Å²) in [7, 11) is 0. The van der Waals surface area contributed by atoms with Gasteiger partial charge in [0.15, 0.2) is 5.82 Å². The minimum absolute atomic E-state index is 0.0321. The number of nitrogens with one attached hydrogen (secondary N) is 3. The van der Waals surface area contributed by atoms with E-state index < -0.39 is 39.4 Å². The first-order chi connectivity index (χ1) is 13.6. The van der Waals surface area contributed by atoms with E-state index in [9.17, 15) is 23.2 Å². The fourth-order valence-corrected chi connectivity index (χ4v) is 3.24. The van der Waals surface area contributed by atoms with Gasteiger partial charge in [-0.2, -0.15) is 0 Å². The van der Waals surface area contributed by atoms with Crippen LogP contribution >= 0.6 is 34.8 Å². The highest BCUT2D eigenvalue weighted by atomic mass is 35.5. The number of rotatable bonds is 6. The van der Waals surface area contributed by atoms with Crippen LogP contribution in [0, 0.1) is 17.6 Å². The molecule has 0 aliphatic heterocycles. The Hall–Kier alpha value is -2.42. The highest BCUT2D eigenvalue weighted by Crippen LogP contribution is 2.53. The van der Waals surface area contributed by atoms with Crippen LogP contribution in [0.3, 0.4) is 0 Å². The van der Waals surface area contributed by atoms with Crippen LogP contribution in [-0.4, -0.2) is 22.6 Å². The van der Waals surface area contributed by atoms with Gasteiger partial charge in [0.2, 0.25) is 12.3 Å². The Morgan fingerprint density at radius 2 is 1.83 bits per heavy atom. The second-order valence-electron chi connectivity index (χ2n) is 6.20. The van der Waals surface area contributed by atoms with Gasteiger partial charge in [0.25, 0.3) is 5.91 Å². The summed E-state index contributed by atoms with van der Waals surface area (Å²) in [6.45, 7) is 0. The molecule has 152 valence electrons. The molecular formula is C18H12Cl3F2N3O3. The maximum Gasteiger partial charge on any atom is 0.257 e. The number of alkyl halides is 2. The lowest BCUT2D eigenvalue weighted by atomic mass is 10.1. The Kier molecular flexibility index (Phi) is 5.97. The zero-order valence-corrected chi connectivity index (χ0v) is 16.6. The molecule has 6 nitrogen and oxygen atoms in total. The quantitative estimate of drug-likeness (QED) is 0.434. The lowest BCUT2D eigenvalue weighted by Crippen LogP contribution is -2.18. The molecule has 1 fully saturated rings. The summed E-state index contributed by atoms with van der Waals surface area (Å²) in [6, 6.07) is 5.99. The van der Waals surface area contributed by atoms with Gasteiger partial charge in [0.05, 0.1) is 22.2 Å². The molecule has 0 spiro atoms. The SMILES string of the molecule is O=CNc1c(F)ccc(NC(=O)c2cc(NC(=O)C3CC3(Cl)Cl)ccc2Cl)c1F. The van der Waals surface area contributed by atoms with E-state index in [4.69, 9.17) is 34.8 Å². The molecule has 0 radical (unpaired) electrons. The summed E-state index contributed by atoms with van der Waals surface area (Å²) in [5.41, 5.74) is -0.904. The first-order valence-corrected chi connectivity index (χ1v) is 9.25. The summed E-state index contributed by atoms with van der Waals surface area (Å²) < 4.78 is 26.8. The molecule has 1 aliphatic rings. The second-order valence-corrected chi connectivity index (χ2v) is 8.15. The van der Waals surface area contributed by atoms with Gasteiger partial charge in [-0.15, -0.1) is 23.2 Å². The molecule has 0 saturated heterocycles. The molecule has 1 unspecified atom stereocenters. The van der Waals surface area contributed by atoms with Gasteiger partial charge < -0.3 is 16.0 Å². The zero-order valence-electron chi connectivity index (χ0n) is 14.4. The van der Waals surface area contributed by atoms with E-state index in [0.29, 0.717) is 6.42 Å². The smallest absolute Gasteiger partial charge is 0.257 e. The van der Waals surface area contributed by atoms with Gasteiger partial charge in [0, 0.05) is 5.69 Å². The van der Waals surface area contributed by atoms with Crippen LogP contribution in [0.1, 0.15) is 16.8 Å². The van der Waals surface area contributed by atoms with Crippen molar-refractivity contribution in [3.63, 3.8) is 0 Å². The van der Waals surface area contributed by atoms with Gasteiger partial charge in [0.1, 0.15) is 15.8 Å². The van der Waals surface area contributed by atoms with Gasteiger partial charge in [-0.1, -0.05) is 11.6 Å². The molecule has 11 heteroatoms. The predicted molar refractivity (Wildman–Crippen MR) is 107 cm³/mol. The number of carbonyl (C=O) groups excluding carboxylic acids is 3. The molecule has 0 bridgehead atoms. The van der Waals surface area contributed by atoms with E-state index in [1.165, 1.54) is 18.2 Å². The normalized spacial score (nSPS) is 16.7. The molecule has 2 aromatic carbocycles. The summed E-state index contributed by atoms with van der Waals surface area (Å²) in [5, 5.41) is 6.74. The zero-order chi connectivity index (χ0) is 21.3. The van der Waals surface area contributed by atoms with Crippen molar-refractivity contribution in [3.05, 3.63) is 52.6 Å². The maximum absolute atomic E-state index is 14.3. The van der Waals surface area contributed by atoms with Gasteiger partial charge in [-0.25, -0.2) is 8.78 Å². The van der Waals surface area contributed by atoms with Crippen molar-refractivity contribution in [2.45, 2.75) is 10.8 Å². The molecule has 1 atom stereocenters. The first-order valence-electron chi connectivity index (χ1n) is 8.12. The van der Waals surface area contributed by atoms with E-state index in [-0.39, 0.29) is 28.4 Å². The van der Waals surface area contributed by atoms with E-state index in [0.717, 1.165) is 12.1 Å². The minimum atomic E-state index is -1.17. The van der Waals surface area contributed by atoms with Crippen LogP contribution < -0.4 is 16.0 Å². The molecule has 1 saturated carbocycles. The topological polar surface area (TPSA) is 87.3 Å². The predicted octanol–water partition coefficient (Wildman–Crippen LogP) is 4.57. The Bertz CT molecular complexity index is 1020. The second kappa shape index (κ2) is 8.14. The van der Waals surface area contributed by atoms with Crippen LogP contribution in [-0.2, 0) is 9.59 Å². The summed E-state index contributed by atoms with van der Waals surface area (Å²) in [4.78, 5) is 35.1. The Morgan fingerprint density at radius 1 is 1.14 bits per heavy atom. The maximum atomic E-state index is 14.3. The molecule has 29 heavy (non-hydrogen) atoms. The monoisotopic (exact) mass is 461 g/mol.